The number of β-amino-alcohol motifs (C(OH)–C–C–N with tert-alkyl or cyclic N) is 1. The smallest absolute Gasteiger partial charge is 0.223 e. The van der Waals surface area contributed by atoms with E-state index >= 15 is 0 Å². The van der Waals surface area contributed by atoms with Gasteiger partial charge in [-0.25, -0.2) is 0 Å². The average molecular weight is 417 g/mol. The normalized spacial score (nSPS) is 19.1. The summed E-state index contributed by atoms with van der Waals surface area (Å²) in [7, 11) is 0. The first-order valence-corrected chi connectivity index (χ1v) is 11.3. The molecule has 4 nitrogen and oxygen atoms in total. The highest BCUT2D eigenvalue weighted by Crippen LogP contribution is 2.27. The molecule has 0 aromatic heterocycles. The highest BCUT2D eigenvalue weighted by Gasteiger charge is 2.35. The van der Waals surface area contributed by atoms with Crippen molar-refractivity contribution in [2.45, 2.75) is 37.7 Å². The fourth-order valence-electron chi connectivity index (χ4n) is 4.49. The Labute approximate surface area is 185 Å². The molecule has 4 rings (SSSR count). The van der Waals surface area contributed by atoms with Gasteiger partial charge in [-0.05, 0) is 41.5 Å². The third kappa shape index (κ3) is 5.45. The molecule has 0 bridgehead atoms. The Balaban J connectivity index is 1.26. The van der Waals surface area contributed by atoms with Gasteiger partial charge in [0, 0.05) is 38.8 Å². The fourth-order valence-corrected chi connectivity index (χ4v) is 4.49. The predicted molar refractivity (Wildman–Crippen MR) is 125 cm³/mol. The van der Waals surface area contributed by atoms with Crippen LogP contribution in [0.5, 0.6) is 0 Å². The molecule has 2 aliphatic rings. The second-order valence-corrected chi connectivity index (χ2v) is 8.89. The zero-order valence-corrected chi connectivity index (χ0v) is 18.3. The number of carbonyl (C=O) groups is 1. The minimum atomic E-state index is -0.746. The standard InChI is InChI=1S/C27H32N2O2/c1-22(23-8-4-2-5-9-23)20-26(30)29-18-14-27(31,15-19-29)21-28-16-12-25(13-17-28)24-10-6-3-7-11-24/h2-13,16,22,31H,14-15,17-21H2,1H3/t22-/m1/s1. The van der Waals surface area contributed by atoms with Gasteiger partial charge in [0.05, 0.1) is 5.60 Å². The van der Waals surface area contributed by atoms with E-state index in [-0.39, 0.29) is 11.8 Å². The lowest BCUT2D eigenvalue weighted by Crippen LogP contribution is -2.51. The zero-order valence-electron chi connectivity index (χ0n) is 18.3. The Kier molecular flexibility index (Phi) is 6.57. The largest absolute Gasteiger partial charge is 0.388 e. The van der Waals surface area contributed by atoms with E-state index in [1.165, 1.54) is 16.7 Å². The zero-order chi connectivity index (χ0) is 21.7. The first-order chi connectivity index (χ1) is 15.0. The third-order valence-corrected chi connectivity index (χ3v) is 6.51. The van der Waals surface area contributed by atoms with Gasteiger partial charge in [-0.3, -0.25) is 4.79 Å². The number of likely N-dealkylation sites (tertiary alicyclic amines) is 1. The van der Waals surface area contributed by atoms with E-state index in [2.05, 4.69) is 66.6 Å². The summed E-state index contributed by atoms with van der Waals surface area (Å²) in [4.78, 5) is 16.9. The Morgan fingerprint density at radius 2 is 1.68 bits per heavy atom. The molecular weight excluding hydrogens is 384 g/mol. The van der Waals surface area contributed by atoms with Gasteiger partial charge < -0.3 is 14.9 Å². The maximum Gasteiger partial charge on any atom is 0.223 e. The first kappa shape index (κ1) is 21.4. The van der Waals surface area contributed by atoms with E-state index in [1.807, 2.05) is 29.2 Å². The topological polar surface area (TPSA) is 43.8 Å². The van der Waals surface area contributed by atoms with Crippen LogP contribution in [0.2, 0.25) is 0 Å². The molecule has 0 spiro atoms. The quantitative estimate of drug-likeness (QED) is 0.757. The highest BCUT2D eigenvalue weighted by molar-refractivity contribution is 5.77. The molecule has 1 fully saturated rings. The van der Waals surface area contributed by atoms with Gasteiger partial charge in [-0.2, -0.15) is 0 Å². The number of allylic oxidation sites excluding steroid dienone is 2. The maximum absolute atomic E-state index is 12.8. The molecule has 31 heavy (non-hydrogen) atoms. The number of hydrogen-bond acceptors (Lipinski definition) is 3. The van der Waals surface area contributed by atoms with Crippen molar-refractivity contribution in [2.75, 3.05) is 26.2 Å². The molecule has 2 aliphatic heterocycles. The van der Waals surface area contributed by atoms with Gasteiger partial charge in [0.2, 0.25) is 5.91 Å². The molecule has 0 unspecified atom stereocenters. The average Bonchev–Trinajstić information content (AvgIpc) is 2.81. The number of hydrogen-bond donors (Lipinski definition) is 1. The number of rotatable bonds is 6. The molecule has 2 aromatic carbocycles. The minimum absolute atomic E-state index is 0.187. The van der Waals surface area contributed by atoms with E-state index < -0.39 is 5.60 Å². The number of amides is 1. The van der Waals surface area contributed by atoms with E-state index in [4.69, 9.17) is 0 Å². The van der Waals surface area contributed by atoms with E-state index in [0.29, 0.717) is 38.9 Å². The van der Waals surface area contributed by atoms with Crippen molar-refractivity contribution in [1.29, 1.82) is 0 Å². The van der Waals surface area contributed by atoms with E-state index in [9.17, 15) is 9.90 Å². The Bertz CT molecular complexity index is 928. The summed E-state index contributed by atoms with van der Waals surface area (Å²) in [5.41, 5.74) is 2.89. The summed E-state index contributed by atoms with van der Waals surface area (Å²) in [6.45, 7) is 4.75. The van der Waals surface area contributed by atoms with Crippen LogP contribution in [0.25, 0.3) is 5.57 Å². The molecule has 0 aliphatic carbocycles. The number of nitrogens with zero attached hydrogens (tertiary/aromatic N) is 2. The lowest BCUT2D eigenvalue weighted by atomic mass is 9.89. The molecule has 0 saturated carbocycles. The van der Waals surface area contributed by atoms with Gasteiger partial charge in [-0.1, -0.05) is 73.7 Å². The molecule has 0 radical (unpaired) electrons. The summed E-state index contributed by atoms with van der Waals surface area (Å²) in [5.74, 6) is 0.394. The van der Waals surface area contributed by atoms with Crippen molar-refractivity contribution in [1.82, 2.24) is 9.80 Å². The van der Waals surface area contributed by atoms with Gasteiger partial charge in [0.15, 0.2) is 0 Å². The summed E-state index contributed by atoms with van der Waals surface area (Å²) in [5, 5.41) is 11.1. The van der Waals surface area contributed by atoms with Crippen molar-refractivity contribution in [3.05, 3.63) is 90.1 Å². The Morgan fingerprint density at radius 3 is 2.29 bits per heavy atom. The molecule has 2 aromatic rings. The Hall–Kier alpha value is -2.85. The molecule has 162 valence electrons. The van der Waals surface area contributed by atoms with Crippen molar-refractivity contribution in [2.24, 2.45) is 0 Å². The first-order valence-electron chi connectivity index (χ1n) is 11.3. The van der Waals surface area contributed by atoms with Crippen LogP contribution < -0.4 is 0 Å². The number of piperidine rings is 1. The summed E-state index contributed by atoms with van der Waals surface area (Å²) < 4.78 is 0. The molecule has 1 saturated heterocycles. The number of carbonyl (C=O) groups excluding carboxylic acids is 1. The second kappa shape index (κ2) is 9.52. The van der Waals surface area contributed by atoms with Crippen LogP contribution in [0.3, 0.4) is 0 Å². The summed E-state index contributed by atoms with van der Waals surface area (Å²) in [6, 6.07) is 20.6. The second-order valence-electron chi connectivity index (χ2n) is 8.89. The van der Waals surface area contributed by atoms with Gasteiger partial charge >= 0.3 is 0 Å². The molecule has 4 heteroatoms. The van der Waals surface area contributed by atoms with E-state index in [1.54, 1.807) is 0 Å². The lowest BCUT2D eigenvalue weighted by Gasteiger charge is -2.41. The molecule has 2 heterocycles. The van der Waals surface area contributed by atoms with Crippen molar-refractivity contribution < 1.29 is 9.90 Å². The third-order valence-electron chi connectivity index (χ3n) is 6.51. The SMILES string of the molecule is C[C@H](CC(=O)N1CCC(O)(CN2C=CC(c3ccccc3)=CC2)CC1)c1ccccc1. The van der Waals surface area contributed by atoms with Gasteiger partial charge in [0.1, 0.15) is 0 Å². The summed E-state index contributed by atoms with van der Waals surface area (Å²) in [6.07, 6.45) is 8.17. The fraction of sp³-hybridized carbons (Fsp3) is 0.370. The number of benzene rings is 2. The van der Waals surface area contributed by atoms with Crippen LogP contribution in [0.4, 0.5) is 0 Å². The number of aliphatic hydroxyl groups is 1. The molecular formula is C27H32N2O2. The maximum atomic E-state index is 12.8. The van der Waals surface area contributed by atoms with Crippen LogP contribution in [0.1, 0.15) is 43.2 Å². The molecule has 1 N–H and O–H groups in total. The monoisotopic (exact) mass is 416 g/mol. The molecule has 1 amide bonds. The van der Waals surface area contributed by atoms with Crippen LogP contribution >= 0.6 is 0 Å². The van der Waals surface area contributed by atoms with E-state index in [0.717, 1.165) is 6.54 Å². The van der Waals surface area contributed by atoms with Crippen molar-refractivity contribution >= 4 is 11.5 Å². The Morgan fingerprint density at radius 1 is 1.03 bits per heavy atom. The van der Waals surface area contributed by atoms with Gasteiger partial charge in [-0.15, -0.1) is 0 Å². The van der Waals surface area contributed by atoms with Crippen LogP contribution in [0, 0.1) is 0 Å². The highest BCUT2D eigenvalue weighted by atomic mass is 16.3. The van der Waals surface area contributed by atoms with Crippen LogP contribution in [-0.4, -0.2) is 52.6 Å². The summed E-state index contributed by atoms with van der Waals surface area (Å²) >= 11 is 0. The molecule has 1 atom stereocenters. The van der Waals surface area contributed by atoms with Crippen molar-refractivity contribution in [3.63, 3.8) is 0 Å². The van der Waals surface area contributed by atoms with Crippen molar-refractivity contribution in [3.8, 4) is 0 Å². The minimum Gasteiger partial charge on any atom is -0.388 e. The predicted octanol–water partition coefficient (Wildman–Crippen LogP) is 4.45. The van der Waals surface area contributed by atoms with Crippen LogP contribution in [-0.2, 0) is 4.79 Å². The lowest BCUT2D eigenvalue weighted by molar-refractivity contribution is -0.136. The van der Waals surface area contributed by atoms with Crippen LogP contribution in [0.15, 0.2) is 79.0 Å². The van der Waals surface area contributed by atoms with Gasteiger partial charge in [0.25, 0.3) is 0 Å².